The number of carbonyl (C=O) groups excluding carboxylic acids is 1. The monoisotopic (exact) mass is 354 g/mol. The number of ether oxygens (including phenoxy) is 1. The summed E-state index contributed by atoms with van der Waals surface area (Å²) < 4.78 is 7.14. The molecular weight excluding hydrogens is 335 g/mol. The Morgan fingerprint density at radius 1 is 1.22 bits per heavy atom. The third-order valence-electron chi connectivity index (χ3n) is 3.61. The quantitative estimate of drug-likeness (QED) is 0.689. The number of rotatable bonds is 5. The Labute approximate surface area is 146 Å². The molecule has 1 heterocycles. The Hall–Kier alpha value is -1.52. The third kappa shape index (κ3) is 4.06. The van der Waals surface area contributed by atoms with Gasteiger partial charge in [0.15, 0.2) is 0 Å². The number of halogens is 2. The van der Waals surface area contributed by atoms with Crippen LogP contribution in [0.1, 0.15) is 57.3 Å². The molecule has 0 radical (unpaired) electrons. The van der Waals surface area contributed by atoms with Crippen molar-refractivity contribution in [1.29, 1.82) is 0 Å². The lowest BCUT2D eigenvalue weighted by molar-refractivity contribution is -0.134. The van der Waals surface area contributed by atoms with E-state index in [0.29, 0.717) is 22.3 Å². The van der Waals surface area contributed by atoms with Crippen LogP contribution in [-0.2, 0) is 4.79 Å². The minimum atomic E-state index is -0.289. The van der Waals surface area contributed by atoms with Crippen molar-refractivity contribution in [3.05, 3.63) is 45.6 Å². The fourth-order valence-electron chi connectivity index (χ4n) is 2.13. The summed E-state index contributed by atoms with van der Waals surface area (Å²) >= 11 is 12.1. The maximum absolute atomic E-state index is 11.7. The Bertz CT molecular complexity index is 711. The van der Waals surface area contributed by atoms with Gasteiger partial charge in [-0.1, -0.05) is 50.0 Å². The van der Waals surface area contributed by atoms with E-state index in [2.05, 4.69) is 5.10 Å². The zero-order valence-electron chi connectivity index (χ0n) is 13.6. The molecule has 0 spiro atoms. The number of carbonyl (C=O) groups is 1. The van der Waals surface area contributed by atoms with Crippen LogP contribution in [-0.4, -0.2) is 15.7 Å². The molecule has 2 aromatic rings. The molecule has 2 rings (SSSR count). The third-order valence-corrected chi connectivity index (χ3v) is 4.35. The smallest absolute Gasteiger partial charge is 0.312 e. The summed E-state index contributed by atoms with van der Waals surface area (Å²) in [7, 11) is 0. The second-order valence-corrected chi connectivity index (χ2v) is 6.50. The van der Waals surface area contributed by atoms with E-state index in [-0.39, 0.29) is 17.9 Å². The minimum absolute atomic E-state index is 0.142. The largest absolute Gasteiger partial charge is 0.408 e. The first kappa shape index (κ1) is 17.8. The van der Waals surface area contributed by atoms with Gasteiger partial charge in [-0.2, -0.15) is 5.10 Å². The maximum Gasteiger partial charge on any atom is 0.312 e. The molecular formula is C17H20Cl2N2O2. The lowest BCUT2D eigenvalue weighted by Gasteiger charge is -2.16. The van der Waals surface area contributed by atoms with Gasteiger partial charge in [0.1, 0.15) is 0 Å². The standard InChI is InChI=1S/C17H20Cl2N2O2/c1-5-17(22)23-16-9-15(10(2)3)20-21(16)11(4)12-6-7-13(18)14(19)8-12/h6-11H,5H2,1-4H3. The fourth-order valence-corrected chi connectivity index (χ4v) is 2.44. The van der Waals surface area contributed by atoms with E-state index in [1.54, 1.807) is 23.7 Å². The van der Waals surface area contributed by atoms with Crippen molar-refractivity contribution in [2.24, 2.45) is 0 Å². The van der Waals surface area contributed by atoms with Crippen molar-refractivity contribution in [1.82, 2.24) is 9.78 Å². The second kappa shape index (κ2) is 7.37. The maximum atomic E-state index is 11.7. The molecule has 4 nitrogen and oxygen atoms in total. The molecule has 23 heavy (non-hydrogen) atoms. The number of benzene rings is 1. The van der Waals surface area contributed by atoms with Gasteiger partial charge in [-0.3, -0.25) is 4.79 Å². The number of nitrogens with zero attached hydrogens (tertiary/aromatic N) is 2. The van der Waals surface area contributed by atoms with Gasteiger partial charge in [0.2, 0.25) is 5.88 Å². The molecule has 124 valence electrons. The SMILES string of the molecule is CCC(=O)Oc1cc(C(C)C)nn1C(C)c1ccc(Cl)c(Cl)c1. The van der Waals surface area contributed by atoms with Crippen LogP contribution in [0.4, 0.5) is 0 Å². The van der Waals surface area contributed by atoms with Gasteiger partial charge in [-0.25, -0.2) is 4.68 Å². The molecule has 1 aromatic carbocycles. The van der Waals surface area contributed by atoms with Gasteiger partial charge >= 0.3 is 5.97 Å². The molecule has 0 aliphatic heterocycles. The highest BCUT2D eigenvalue weighted by Crippen LogP contribution is 2.31. The van der Waals surface area contributed by atoms with E-state index < -0.39 is 0 Å². The van der Waals surface area contributed by atoms with E-state index in [1.807, 2.05) is 32.9 Å². The van der Waals surface area contributed by atoms with Crippen LogP contribution in [0.2, 0.25) is 10.0 Å². The number of hydrogen-bond acceptors (Lipinski definition) is 3. The Morgan fingerprint density at radius 2 is 1.91 bits per heavy atom. The highest BCUT2D eigenvalue weighted by Gasteiger charge is 2.20. The molecule has 0 aliphatic carbocycles. The van der Waals surface area contributed by atoms with Gasteiger partial charge in [0.05, 0.1) is 21.8 Å². The molecule has 1 atom stereocenters. The molecule has 0 aliphatic rings. The van der Waals surface area contributed by atoms with Crippen molar-refractivity contribution in [2.75, 3.05) is 0 Å². The van der Waals surface area contributed by atoms with Crippen molar-refractivity contribution >= 4 is 29.2 Å². The summed E-state index contributed by atoms with van der Waals surface area (Å²) in [6, 6.07) is 7.11. The van der Waals surface area contributed by atoms with E-state index >= 15 is 0 Å². The van der Waals surface area contributed by atoms with E-state index in [1.165, 1.54) is 0 Å². The van der Waals surface area contributed by atoms with Crippen molar-refractivity contribution in [2.45, 2.75) is 46.1 Å². The zero-order chi connectivity index (χ0) is 17.1. The van der Waals surface area contributed by atoms with Crippen LogP contribution in [0, 0.1) is 0 Å². The highest BCUT2D eigenvalue weighted by atomic mass is 35.5. The Kier molecular flexibility index (Phi) is 5.71. The number of aromatic nitrogens is 2. The van der Waals surface area contributed by atoms with Crippen molar-refractivity contribution in [3.63, 3.8) is 0 Å². The molecule has 0 saturated heterocycles. The second-order valence-electron chi connectivity index (χ2n) is 5.68. The average Bonchev–Trinajstić information content (AvgIpc) is 2.93. The molecule has 1 unspecified atom stereocenters. The molecule has 0 saturated carbocycles. The summed E-state index contributed by atoms with van der Waals surface area (Å²) in [5, 5.41) is 5.58. The van der Waals surface area contributed by atoms with Crippen LogP contribution in [0.15, 0.2) is 24.3 Å². The molecule has 1 aromatic heterocycles. The van der Waals surface area contributed by atoms with E-state index in [0.717, 1.165) is 11.3 Å². The van der Waals surface area contributed by atoms with E-state index in [9.17, 15) is 4.79 Å². The van der Waals surface area contributed by atoms with Gasteiger partial charge in [0.25, 0.3) is 0 Å². The van der Waals surface area contributed by atoms with Crippen LogP contribution >= 0.6 is 23.2 Å². The van der Waals surface area contributed by atoms with Crippen molar-refractivity contribution in [3.8, 4) is 5.88 Å². The van der Waals surface area contributed by atoms with Gasteiger partial charge in [-0.15, -0.1) is 0 Å². The lowest BCUT2D eigenvalue weighted by atomic mass is 10.1. The van der Waals surface area contributed by atoms with Crippen molar-refractivity contribution < 1.29 is 9.53 Å². The van der Waals surface area contributed by atoms with Gasteiger partial charge in [0, 0.05) is 12.5 Å². The van der Waals surface area contributed by atoms with Crippen LogP contribution in [0.3, 0.4) is 0 Å². The summed E-state index contributed by atoms with van der Waals surface area (Å²) in [4.78, 5) is 11.7. The van der Waals surface area contributed by atoms with Crippen LogP contribution in [0.5, 0.6) is 5.88 Å². The fraction of sp³-hybridized carbons (Fsp3) is 0.412. The number of esters is 1. The minimum Gasteiger partial charge on any atom is -0.408 e. The summed E-state index contributed by atoms with van der Waals surface area (Å²) in [5.41, 5.74) is 1.81. The lowest BCUT2D eigenvalue weighted by Crippen LogP contribution is -2.14. The van der Waals surface area contributed by atoms with Crippen LogP contribution < -0.4 is 4.74 Å². The predicted molar refractivity (Wildman–Crippen MR) is 92.5 cm³/mol. The normalized spacial score (nSPS) is 12.5. The molecule has 0 amide bonds. The highest BCUT2D eigenvalue weighted by molar-refractivity contribution is 6.42. The first-order valence-electron chi connectivity index (χ1n) is 7.58. The Morgan fingerprint density at radius 3 is 2.48 bits per heavy atom. The first-order chi connectivity index (χ1) is 10.8. The molecule has 0 fully saturated rings. The zero-order valence-corrected chi connectivity index (χ0v) is 15.1. The molecule has 0 N–H and O–H groups in total. The number of hydrogen-bond donors (Lipinski definition) is 0. The Balaban J connectivity index is 2.42. The molecule has 0 bridgehead atoms. The average molecular weight is 355 g/mol. The predicted octanol–water partition coefficient (Wildman–Crippen LogP) is 5.24. The van der Waals surface area contributed by atoms with Crippen LogP contribution in [0.25, 0.3) is 0 Å². The van der Waals surface area contributed by atoms with E-state index in [4.69, 9.17) is 27.9 Å². The van der Waals surface area contributed by atoms with Gasteiger partial charge in [-0.05, 0) is 30.5 Å². The summed E-state index contributed by atoms with van der Waals surface area (Å²) in [6.45, 7) is 7.82. The topological polar surface area (TPSA) is 44.1 Å². The summed E-state index contributed by atoms with van der Waals surface area (Å²) in [5.74, 6) is 0.387. The first-order valence-corrected chi connectivity index (χ1v) is 8.34. The van der Waals surface area contributed by atoms with Gasteiger partial charge < -0.3 is 4.74 Å². The summed E-state index contributed by atoms with van der Waals surface area (Å²) in [6.07, 6.45) is 0.309. The molecule has 6 heteroatoms.